The minimum absolute atomic E-state index is 0.316. The van der Waals surface area contributed by atoms with Gasteiger partial charge in [-0.15, -0.1) is 0 Å². The fraction of sp³-hybridized carbons (Fsp3) is 0.471. The van der Waals surface area contributed by atoms with Gasteiger partial charge in [0, 0.05) is 12.2 Å². The molecule has 0 aliphatic carbocycles. The van der Waals surface area contributed by atoms with Gasteiger partial charge in [0.05, 0.1) is 6.61 Å². The molecule has 0 spiro atoms. The molecular formula is C17H29NO5. The van der Waals surface area contributed by atoms with E-state index in [1.807, 2.05) is 0 Å². The molecule has 0 radical (unpaired) electrons. The third-order valence-corrected chi connectivity index (χ3v) is 2.21. The number of primary amides is 1. The second-order valence-corrected chi connectivity index (χ2v) is 4.76. The summed E-state index contributed by atoms with van der Waals surface area (Å²) in [6, 6.07) is 0. The van der Waals surface area contributed by atoms with E-state index >= 15 is 0 Å². The number of unbranched alkanes of at least 4 members (excludes halogenated alkanes) is 2. The lowest BCUT2D eigenvalue weighted by molar-refractivity contribution is -0.138. The average Bonchev–Trinajstić information content (AvgIpc) is 2.51. The molecule has 0 aromatic heterocycles. The highest BCUT2D eigenvalue weighted by Gasteiger charge is 1.96. The van der Waals surface area contributed by atoms with Gasteiger partial charge in [-0.05, 0) is 18.4 Å². The zero-order valence-electron chi connectivity index (χ0n) is 14.1. The van der Waals surface area contributed by atoms with Crippen molar-refractivity contribution >= 4 is 17.8 Å². The second kappa shape index (κ2) is 19.6. The normalized spacial score (nSPS) is 8.48. The van der Waals surface area contributed by atoms with Crippen molar-refractivity contribution in [3.63, 3.8) is 0 Å². The molecule has 0 saturated heterocycles. The molecular weight excluding hydrogens is 298 g/mol. The average molecular weight is 327 g/mol. The highest BCUT2D eigenvalue weighted by Crippen LogP contribution is 2.07. The Labute approximate surface area is 138 Å². The van der Waals surface area contributed by atoms with Gasteiger partial charge in [0.15, 0.2) is 0 Å². The Bertz CT molecular complexity index is 357. The topological polar surface area (TPSA) is 107 Å². The monoisotopic (exact) mass is 327 g/mol. The summed E-state index contributed by atoms with van der Waals surface area (Å²) in [4.78, 5) is 29.3. The smallest absolute Gasteiger partial charge is 0.330 e. The number of rotatable bonds is 9. The number of ether oxygens (including phenoxy) is 1. The van der Waals surface area contributed by atoms with Gasteiger partial charge >= 0.3 is 11.9 Å². The summed E-state index contributed by atoms with van der Waals surface area (Å²) in [6.45, 7) is 14.3. The lowest BCUT2D eigenvalue weighted by Crippen LogP contribution is -2.04. The zero-order chi connectivity index (χ0) is 18.7. The predicted molar refractivity (Wildman–Crippen MR) is 91.7 cm³/mol. The number of carbonyl (C=O) groups excluding carboxylic acids is 2. The van der Waals surface area contributed by atoms with Crippen LogP contribution < -0.4 is 5.73 Å². The highest BCUT2D eigenvalue weighted by atomic mass is 16.5. The van der Waals surface area contributed by atoms with Crippen LogP contribution in [0.3, 0.4) is 0 Å². The van der Waals surface area contributed by atoms with Crippen LogP contribution in [-0.2, 0) is 19.1 Å². The van der Waals surface area contributed by atoms with Crippen molar-refractivity contribution in [2.24, 2.45) is 11.7 Å². The van der Waals surface area contributed by atoms with Gasteiger partial charge in [-0.1, -0.05) is 52.8 Å². The molecule has 0 aliphatic rings. The molecule has 0 rings (SSSR count). The van der Waals surface area contributed by atoms with E-state index in [1.165, 1.54) is 18.9 Å². The van der Waals surface area contributed by atoms with Crippen LogP contribution in [0.2, 0.25) is 0 Å². The number of carboxylic acid groups (broad SMARTS) is 1. The van der Waals surface area contributed by atoms with Crippen molar-refractivity contribution in [1.29, 1.82) is 0 Å². The first kappa shape index (κ1) is 25.6. The maximum absolute atomic E-state index is 10.6. The second-order valence-electron chi connectivity index (χ2n) is 4.76. The minimum Gasteiger partial charge on any atom is -0.478 e. The van der Waals surface area contributed by atoms with Gasteiger partial charge < -0.3 is 15.6 Å². The summed E-state index contributed by atoms with van der Waals surface area (Å²) in [7, 11) is 0. The lowest BCUT2D eigenvalue weighted by Gasteiger charge is -2.04. The Morgan fingerprint density at radius 2 is 1.52 bits per heavy atom. The molecule has 23 heavy (non-hydrogen) atoms. The number of nitrogens with two attached hydrogens (primary N) is 1. The van der Waals surface area contributed by atoms with E-state index < -0.39 is 11.9 Å². The fourth-order valence-corrected chi connectivity index (χ4v) is 1.06. The van der Waals surface area contributed by atoms with Crippen LogP contribution >= 0.6 is 0 Å². The molecule has 0 saturated carbocycles. The SMILES string of the molecule is C=CC(=O)O.C=CC(=O)OCCCCCC(C)C.C=CC(N)=O. The van der Waals surface area contributed by atoms with Crippen molar-refractivity contribution < 1.29 is 24.2 Å². The first-order chi connectivity index (χ1) is 10.7. The molecule has 0 atom stereocenters. The number of hydrogen-bond donors (Lipinski definition) is 2. The van der Waals surface area contributed by atoms with Crippen molar-refractivity contribution in [2.45, 2.75) is 39.5 Å². The Balaban J connectivity index is -0.000000329. The number of aliphatic carboxylic acids is 1. The molecule has 132 valence electrons. The molecule has 0 bridgehead atoms. The van der Waals surface area contributed by atoms with Crippen LogP contribution in [-0.4, -0.2) is 29.6 Å². The Kier molecular flexibility index (Phi) is 21.8. The van der Waals surface area contributed by atoms with E-state index in [0.29, 0.717) is 6.61 Å². The number of esters is 1. The van der Waals surface area contributed by atoms with Gasteiger partial charge in [-0.2, -0.15) is 0 Å². The van der Waals surface area contributed by atoms with Crippen molar-refractivity contribution in [3.8, 4) is 0 Å². The van der Waals surface area contributed by atoms with Crippen LogP contribution in [0, 0.1) is 5.92 Å². The first-order valence-electron chi connectivity index (χ1n) is 7.27. The molecule has 0 aliphatic heterocycles. The van der Waals surface area contributed by atoms with E-state index in [1.54, 1.807) is 0 Å². The molecule has 0 fully saturated rings. The number of hydrogen-bond acceptors (Lipinski definition) is 4. The van der Waals surface area contributed by atoms with Crippen LogP contribution in [0.25, 0.3) is 0 Å². The molecule has 6 nitrogen and oxygen atoms in total. The summed E-state index contributed by atoms with van der Waals surface area (Å²) >= 11 is 0. The van der Waals surface area contributed by atoms with Crippen LogP contribution in [0.5, 0.6) is 0 Å². The predicted octanol–water partition coefficient (Wildman–Crippen LogP) is 2.85. The summed E-state index contributed by atoms with van der Waals surface area (Å²) < 4.78 is 4.84. The lowest BCUT2D eigenvalue weighted by atomic mass is 10.1. The number of amides is 1. The summed E-state index contributed by atoms with van der Waals surface area (Å²) in [5.41, 5.74) is 4.53. The van der Waals surface area contributed by atoms with Gasteiger partial charge in [0.1, 0.15) is 0 Å². The number of carbonyl (C=O) groups is 3. The van der Waals surface area contributed by atoms with E-state index in [2.05, 4.69) is 39.3 Å². The van der Waals surface area contributed by atoms with Gasteiger partial charge in [-0.25, -0.2) is 9.59 Å². The fourth-order valence-electron chi connectivity index (χ4n) is 1.06. The first-order valence-corrected chi connectivity index (χ1v) is 7.27. The van der Waals surface area contributed by atoms with Crippen molar-refractivity contribution in [3.05, 3.63) is 38.0 Å². The Hall–Kier alpha value is -2.37. The Morgan fingerprint density at radius 3 is 1.83 bits per heavy atom. The van der Waals surface area contributed by atoms with Gasteiger partial charge in [0.2, 0.25) is 5.91 Å². The maximum atomic E-state index is 10.6. The third kappa shape index (κ3) is 38.2. The number of carboxylic acids is 1. The van der Waals surface area contributed by atoms with E-state index in [4.69, 9.17) is 9.84 Å². The summed E-state index contributed by atoms with van der Waals surface area (Å²) in [6.07, 6.45) is 7.68. The standard InChI is InChI=1S/C11H20O2.C3H5NO.C3H4O2/c1-4-11(12)13-9-7-5-6-8-10(2)3;2*1-2-3(4)5/h4,10H,1,5-9H2,2-3H3;2H,1H2,(H2,4,5);2H,1H2,(H,4,5). The molecule has 1 amide bonds. The summed E-state index contributed by atoms with van der Waals surface area (Å²) in [5, 5.41) is 7.60. The molecule has 0 aromatic carbocycles. The molecule has 0 aromatic rings. The van der Waals surface area contributed by atoms with Crippen LogP contribution in [0.15, 0.2) is 38.0 Å². The molecule has 0 unspecified atom stereocenters. The third-order valence-electron chi connectivity index (χ3n) is 2.21. The maximum Gasteiger partial charge on any atom is 0.330 e. The molecule has 0 heterocycles. The zero-order valence-corrected chi connectivity index (χ0v) is 14.1. The minimum atomic E-state index is -0.981. The van der Waals surface area contributed by atoms with Gasteiger partial charge in [-0.3, -0.25) is 4.79 Å². The molecule has 6 heteroatoms. The summed E-state index contributed by atoms with van der Waals surface area (Å²) in [5.74, 6) is -1.01. The van der Waals surface area contributed by atoms with E-state index in [-0.39, 0.29) is 5.97 Å². The quantitative estimate of drug-likeness (QED) is 0.385. The van der Waals surface area contributed by atoms with Crippen LogP contribution in [0.1, 0.15) is 39.5 Å². The van der Waals surface area contributed by atoms with Crippen LogP contribution in [0.4, 0.5) is 0 Å². The molecule has 3 N–H and O–H groups in total. The Morgan fingerprint density at radius 1 is 1.04 bits per heavy atom. The van der Waals surface area contributed by atoms with Gasteiger partial charge in [0.25, 0.3) is 0 Å². The van der Waals surface area contributed by atoms with E-state index in [0.717, 1.165) is 30.9 Å². The van der Waals surface area contributed by atoms with E-state index in [9.17, 15) is 14.4 Å². The highest BCUT2D eigenvalue weighted by molar-refractivity contribution is 5.85. The largest absolute Gasteiger partial charge is 0.478 e. The van der Waals surface area contributed by atoms with Crippen molar-refractivity contribution in [2.75, 3.05) is 6.61 Å². The van der Waals surface area contributed by atoms with Crippen molar-refractivity contribution in [1.82, 2.24) is 0 Å².